The summed E-state index contributed by atoms with van der Waals surface area (Å²) in [6.07, 6.45) is 0. The molecule has 10 nitrogen and oxygen atoms in total. The van der Waals surface area contributed by atoms with Crippen LogP contribution in [0.1, 0.15) is 23.0 Å². The van der Waals surface area contributed by atoms with Crippen molar-refractivity contribution >= 4 is 28.2 Å². The topological polar surface area (TPSA) is 137 Å². The van der Waals surface area contributed by atoms with E-state index in [0.29, 0.717) is 17.0 Å². The minimum Gasteiger partial charge on any atom is -0.378 e. The predicted octanol–water partition coefficient (Wildman–Crippen LogP) is 3.21. The lowest BCUT2D eigenvalue weighted by Crippen LogP contribution is -2.23. The molecule has 2 heterocycles. The minimum absolute atomic E-state index is 0.0241. The lowest BCUT2D eigenvalue weighted by Gasteiger charge is -2.08. The number of carbonyl (C=O) groups is 1. The number of nitrogen functional groups attached to an aromatic ring is 1. The fourth-order valence-corrected chi connectivity index (χ4v) is 3.55. The van der Waals surface area contributed by atoms with E-state index < -0.39 is 5.91 Å². The van der Waals surface area contributed by atoms with Crippen molar-refractivity contribution in [3.63, 3.8) is 0 Å². The number of carbonyl (C=O) groups excluding carboxylic acids is 1. The highest BCUT2D eigenvalue weighted by atomic mass is 16.6. The van der Waals surface area contributed by atoms with Gasteiger partial charge in [0.25, 0.3) is 5.91 Å². The van der Waals surface area contributed by atoms with Crippen molar-refractivity contribution in [2.24, 2.45) is 5.10 Å². The van der Waals surface area contributed by atoms with Gasteiger partial charge in [-0.15, -0.1) is 5.10 Å². The Hall–Kier alpha value is -4.86. The highest BCUT2D eigenvalue weighted by Gasteiger charge is 2.26. The Morgan fingerprint density at radius 2 is 1.76 bits per heavy atom. The fraction of sp³-hybridized carbons (Fsp3) is 0.0435. The van der Waals surface area contributed by atoms with Gasteiger partial charge in [-0.05, 0) is 28.0 Å². The van der Waals surface area contributed by atoms with Crippen molar-refractivity contribution in [2.75, 3.05) is 5.73 Å². The summed E-state index contributed by atoms with van der Waals surface area (Å²) < 4.78 is 5.86. The molecule has 10 heteroatoms. The number of rotatable bonds is 5. The van der Waals surface area contributed by atoms with Gasteiger partial charge in [0.05, 0.1) is 5.71 Å². The van der Waals surface area contributed by atoms with Gasteiger partial charge < -0.3 is 5.73 Å². The molecule has 3 N–H and O–H groups in total. The summed E-state index contributed by atoms with van der Waals surface area (Å²) in [7, 11) is 0. The molecule has 5 rings (SSSR count). The number of hydrogen-bond acceptors (Lipinski definition) is 8. The standard InChI is InChI=1S/C23H18N8O2/c1-14(17-13-7-11-15-8-5-6-12-18(15)17)25-27-23(32)20-19(16-9-3-2-4-10-16)26-30-31(20)22-21(24)28-33-29-22/h2-13H,1H3,(H2,24,28)(H,27,32). The second-order valence-corrected chi connectivity index (χ2v) is 7.20. The number of aromatic nitrogens is 5. The zero-order chi connectivity index (χ0) is 22.8. The van der Waals surface area contributed by atoms with Crippen LogP contribution in [0.3, 0.4) is 0 Å². The van der Waals surface area contributed by atoms with Crippen molar-refractivity contribution in [1.29, 1.82) is 0 Å². The molecule has 0 saturated carbocycles. The Morgan fingerprint density at radius 1 is 1.00 bits per heavy atom. The van der Waals surface area contributed by atoms with Gasteiger partial charge in [0.2, 0.25) is 11.6 Å². The molecule has 2 aromatic heterocycles. The van der Waals surface area contributed by atoms with Crippen LogP contribution in [0.4, 0.5) is 5.82 Å². The van der Waals surface area contributed by atoms with Gasteiger partial charge in [0, 0.05) is 11.1 Å². The summed E-state index contributed by atoms with van der Waals surface area (Å²) in [4.78, 5) is 13.3. The molecule has 0 saturated heterocycles. The molecule has 3 aromatic carbocycles. The van der Waals surface area contributed by atoms with E-state index >= 15 is 0 Å². The van der Waals surface area contributed by atoms with Gasteiger partial charge in [-0.25, -0.2) is 10.1 Å². The number of hydrogen-bond donors (Lipinski definition) is 2. The number of benzene rings is 3. The van der Waals surface area contributed by atoms with E-state index in [4.69, 9.17) is 5.73 Å². The first kappa shape index (κ1) is 20.1. The van der Waals surface area contributed by atoms with Crippen LogP contribution in [0.2, 0.25) is 0 Å². The number of fused-ring (bicyclic) bond motifs is 1. The van der Waals surface area contributed by atoms with Crippen molar-refractivity contribution < 1.29 is 9.42 Å². The van der Waals surface area contributed by atoms with Gasteiger partial charge in [-0.2, -0.15) is 9.78 Å². The molecule has 0 spiro atoms. The number of anilines is 1. The predicted molar refractivity (Wildman–Crippen MR) is 123 cm³/mol. The number of nitrogens with one attached hydrogen (secondary N) is 1. The maximum atomic E-state index is 13.3. The van der Waals surface area contributed by atoms with Crippen LogP contribution >= 0.6 is 0 Å². The second kappa shape index (κ2) is 8.35. The van der Waals surface area contributed by atoms with E-state index in [-0.39, 0.29) is 17.3 Å². The molecule has 0 atom stereocenters. The van der Waals surface area contributed by atoms with E-state index in [9.17, 15) is 4.79 Å². The fourth-order valence-electron chi connectivity index (χ4n) is 3.55. The molecule has 0 aliphatic rings. The molecule has 33 heavy (non-hydrogen) atoms. The molecule has 0 aliphatic carbocycles. The maximum absolute atomic E-state index is 13.3. The Labute approximate surface area is 187 Å². The molecule has 0 radical (unpaired) electrons. The number of nitrogens with zero attached hydrogens (tertiary/aromatic N) is 6. The number of hydrazone groups is 1. The Kier molecular flexibility index (Phi) is 5.07. The Balaban J connectivity index is 1.54. The highest BCUT2D eigenvalue weighted by Crippen LogP contribution is 2.24. The molecule has 0 fully saturated rings. The van der Waals surface area contributed by atoms with Crippen LogP contribution in [-0.2, 0) is 0 Å². The molecule has 1 amide bonds. The summed E-state index contributed by atoms with van der Waals surface area (Å²) in [5.41, 5.74) is 11.1. The van der Waals surface area contributed by atoms with E-state index in [2.05, 4.69) is 35.8 Å². The van der Waals surface area contributed by atoms with E-state index in [0.717, 1.165) is 16.3 Å². The van der Waals surface area contributed by atoms with Gasteiger partial charge in [0.1, 0.15) is 5.69 Å². The zero-order valence-electron chi connectivity index (χ0n) is 17.5. The van der Waals surface area contributed by atoms with Crippen LogP contribution in [-0.4, -0.2) is 36.9 Å². The lowest BCUT2D eigenvalue weighted by molar-refractivity contribution is 0.0947. The highest BCUT2D eigenvalue weighted by molar-refractivity contribution is 6.10. The first-order valence-corrected chi connectivity index (χ1v) is 10.1. The van der Waals surface area contributed by atoms with Crippen LogP contribution in [0, 0.1) is 0 Å². The monoisotopic (exact) mass is 438 g/mol. The quantitative estimate of drug-likeness (QED) is 0.317. The molecular formula is C23H18N8O2. The van der Waals surface area contributed by atoms with E-state index in [1.165, 1.54) is 4.68 Å². The van der Waals surface area contributed by atoms with Gasteiger partial charge in [-0.3, -0.25) is 4.79 Å². The normalized spacial score (nSPS) is 11.6. The van der Waals surface area contributed by atoms with Crippen molar-refractivity contribution in [1.82, 2.24) is 30.7 Å². The maximum Gasteiger partial charge on any atom is 0.292 e. The average molecular weight is 438 g/mol. The van der Waals surface area contributed by atoms with Crippen molar-refractivity contribution in [3.05, 3.63) is 84.1 Å². The summed E-state index contributed by atoms with van der Waals surface area (Å²) >= 11 is 0. The van der Waals surface area contributed by atoms with Gasteiger partial charge >= 0.3 is 0 Å². The zero-order valence-corrected chi connectivity index (χ0v) is 17.5. The van der Waals surface area contributed by atoms with Gasteiger partial charge in [-0.1, -0.05) is 78.0 Å². The first-order valence-electron chi connectivity index (χ1n) is 10.1. The van der Waals surface area contributed by atoms with Crippen LogP contribution in [0.25, 0.3) is 27.8 Å². The van der Waals surface area contributed by atoms with Gasteiger partial charge in [0.15, 0.2) is 5.69 Å². The summed E-state index contributed by atoms with van der Waals surface area (Å²) in [5, 5.41) is 22.0. The summed E-state index contributed by atoms with van der Waals surface area (Å²) in [5.74, 6) is -0.505. The molecule has 0 bridgehead atoms. The molecule has 5 aromatic rings. The third-order valence-corrected chi connectivity index (χ3v) is 5.13. The van der Waals surface area contributed by atoms with E-state index in [1.54, 1.807) is 0 Å². The Bertz CT molecular complexity index is 1480. The smallest absolute Gasteiger partial charge is 0.292 e. The number of amides is 1. The number of nitrogens with two attached hydrogens (primary N) is 1. The lowest BCUT2D eigenvalue weighted by atomic mass is 10.0. The summed E-state index contributed by atoms with van der Waals surface area (Å²) in [6.45, 7) is 1.83. The Morgan fingerprint density at radius 3 is 2.55 bits per heavy atom. The van der Waals surface area contributed by atoms with E-state index in [1.807, 2.05) is 79.7 Å². The summed E-state index contributed by atoms with van der Waals surface area (Å²) in [6, 6.07) is 23.1. The molecule has 162 valence electrons. The van der Waals surface area contributed by atoms with Crippen LogP contribution in [0.15, 0.2) is 82.5 Å². The molecular weight excluding hydrogens is 420 g/mol. The van der Waals surface area contributed by atoms with Crippen LogP contribution in [0.5, 0.6) is 0 Å². The third kappa shape index (κ3) is 3.69. The molecule has 0 unspecified atom stereocenters. The van der Waals surface area contributed by atoms with Crippen LogP contribution < -0.4 is 11.2 Å². The largest absolute Gasteiger partial charge is 0.378 e. The van der Waals surface area contributed by atoms with Crippen molar-refractivity contribution in [3.8, 4) is 17.1 Å². The van der Waals surface area contributed by atoms with Crippen molar-refractivity contribution in [2.45, 2.75) is 6.92 Å². The molecule has 0 aliphatic heterocycles. The minimum atomic E-state index is -0.541. The average Bonchev–Trinajstić information content (AvgIpc) is 3.48. The second-order valence-electron chi connectivity index (χ2n) is 7.20. The SMILES string of the molecule is CC(=NNC(=O)c1c(-c2ccccc2)nnn1-c1nonc1N)c1cccc2ccccc12. The first-order chi connectivity index (χ1) is 16.1. The third-order valence-electron chi connectivity index (χ3n) is 5.13.